The van der Waals surface area contributed by atoms with Crippen LogP contribution in [0, 0.1) is 0 Å². The summed E-state index contributed by atoms with van der Waals surface area (Å²) >= 11 is 0. The lowest BCUT2D eigenvalue weighted by molar-refractivity contribution is -0.134. The van der Waals surface area contributed by atoms with E-state index < -0.39 is 0 Å². The van der Waals surface area contributed by atoms with Crippen LogP contribution in [0.4, 0.5) is 5.69 Å². The van der Waals surface area contributed by atoms with E-state index in [0.29, 0.717) is 26.2 Å². The van der Waals surface area contributed by atoms with E-state index in [0.717, 1.165) is 64.4 Å². The molecule has 0 radical (unpaired) electrons. The average Bonchev–Trinajstić information content (AvgIpc) is 2.80. The first-order valence-corrected chi connectivity index (χ1v) is 11.5. The lowest BCUT2D eigenvalue weighted by Crippen LogP contribution is -2.54. The Morgan fingerprint density at radius 1 is 0.968 bits per heavy atom. The van der Waals surface area contributed by atoms with E-state index in [9.17, 15) is 9.59 Å². The first-order chi connectivity index (χ1) is 15.1. The molecule has 2 aliphatic rings. The highest BCUT2D eigenvalue weighted by atomic mass is 16.5. The molecule has 2 amide bonds. The molecule has 0 aromatic heterocycles. The van der Waals surface area contributed by atoms with Crippen molar-refractivity contribution in [3.05, 3.63) is 24.3 Å². The molecule has 1 aromatic carbocycles. The SMILES string of the molecule is CCCCNC(=O)CN1CCN(C(=O)CN2CCN(c3cccc(OC)c3)CC2)CC1. The highest BCUT2D eigenvalue weighted by Crippen LogP contribution is 2.22. The topological polar surface area (TPSA) is 68.4 Å². The van der Waals surface area contributed by atoms with Crippen molar-refractivity contribution in [3.8, 4) is 5.75 Å². The van der Waals surface area contributed by atoms with E-state index in [-0.39, 0.29) is 11.8 Å². The van der Waals surface area contributed by atoms with Crippen LogP contribution in [0.2, 0.25) is 0 Å². The van der Waals surface area contributed by atoms with Gasteiger partial charge in [0.05, 0.1) is 20.2 Å². The molecule has 2 aliphatic heterocycles. The van der Waals surface area contributed by atoms with Crippen molar-refractivity contribution in [2.45, 2.75) is 19.8 Å². The summed E-state index contributed by atoms with van der Waals surface area (Å²) in [6.45, 7) is 10.2. The van der Waals surface area contributed by atoms with Gasteiger partial charge in [0.2, 0.25) is 11.8 Å². The largest absolute Gasteiger partial charge is 0.497 e. The molecule has 0 saturated carbocycles. The fourth-order valence-electron chi connectivity index (χ4n) is 4.08. The van der Waals surface area contributed by atoms with E-state index in [1.807, 2.05) is 17.0 Å². The number of carbonyl (C=O) groups is 2. The Morgan fingerprint density at radius 3 is 2.32 bits per heavy atom. The molecule has 2 fully saturated rings. The smallest absolute Gasteiger partial charge is 0.236 e. The number of nitrogens with one attached hydrogen (secondary N) is 1. The van der Waals surface area contributed by atoms with Crippen molar-refractivity contribution in [1.82, 2.24) is 20.0 Å². The highest BCUT2D eigenvalue weighted by Gasteiger charge is 2.25. The highest BCUT2D eigenvalue weighted by molar-refractivity contribution is 5.79. The molecule has 8 nitrogen and oxygen atoms in total. The molecular weight excluding hydrogens is 394 g/mol. The molecule has 0 spiro atoms. The summed E-state index contributed by atoms with van der Waals surface area (Å²) in [6.07, 6.45) is 2.10. The van der Waals surface area contributed by atoms with Gasteiger partial charge in [0, 0.05) is 70.7 Å². The van der Waals surface area contributed by atoms with Gasteiger partial charge in [-0.2, -0.15) is 0 Å². The second-order valence-corrected chi connectivity index (χ2v) is 8.33. The van der Waals surface area contributed by atoms with Gasteiger partial charge in [-0.3, -0.25) is 19.4 Å². The van der Waals surface area contributed by atoms with Gasteiger partial charge in [-0.15, -0.1) is 0 Å². The molecule has 3 rings (SSSR count). The zero-order valence-electron chi connectivity index (χ0n) is 19.0. The van der Waals surface area contributed by atoms with E-state index in [1.54, 1.807) is 7.11 Å². The maximum atomic E-state index is 12.8. The minimum absolute atomic E-state index is 0.0853. The Balaban J connectivity index is 1.35. The van der Waals surface area contributed by atoms with E-state index >= 15 is 0 Å². The predicted molar refractivity (Wildman–Crippen MR) is 123 cm³/mol. The molecule has 172 valence electrons. The third-order valence-corrected chi connectivity index (χ3v) is 6.09. The Hall–Kier alpha value is -2.32. The predicted octanol–water partition coefficient (Wildman–Crippen LogP) is 0.878. The molecule has 0 bridgehead atoms. The minimum Gasteiger partial charge on any atom is -0.497 e. The third-order valence-electron chi connectivity index (χ3n) is 6.09. The molecule has 2 saturated heterocycles. The Morgan fingerprint density at radius 2 is 1.65 bits per heavy atom. The quantitative estimate of drug-likeness (QED) is 0.586. The van der Waals surface area contributed by atoms with Crippen LogP contribution in [0.15, 0.2) is 24.3 Å². The Bertz CT molecular complexity index is 713. The van der Waals surface area contributed by atoms with Crippen LogP contribution in [0.3, 0.4) is 0 Å². The first kappa shape index (κ1) is 23.3. The van der Waals surface area contributed by atoms with Crippen LogP contribution in [-0.2, 0) is 9.59 Å². The van der Waals surface area contributed by atoms with Gasteiger partial charge in [0.25, 0.3) is 0 Å². The van der Waals surface area contributed by atoms with E-state index in [1.165, 1.54) is 5.69 Å². The van der Waals surface area contributed by atoms with Crippen LogP contribution in [0.5, 0.6) is 5.75 Å². The van der Waals surface area contributed by atoms with Crippen LogP contribution in [0.25, 0.3) is 0 Å². The summed E-state index contributed by atoms with van der Waals surface area (Å²) in [6, 6.07) is 8.13. The molecular formula is C23H37N5O3. The number of hydrogen-bond donors (Lipinski definition) is 1. The third kappa shape index (κ3) is 7.11. The number of carbonyl (C=O) groups excluding carboxylic acids is 2. The lowest BCUT2D eigenvalue weighted by atomic mass is 10.2. The second-order valence-electron chi connectivity index (χ2n) is 8.33. The molecule has 0 atom stereocenters. The summed E-state index contributed by atoms with van der Waals surface area (Å²) < 4.78 is 5.32. The fraction of sp³-hybridized carbons (Fsp3) is 0.652. The van der Waals surface area contributed by atoms with Gasteiger partial charge < -0.3 is 19.9 Å². The molecule has 0 aliphatic carbocycles. The van der Waals surface area contributed by atoms with Crippen LogP contribution < -0.4 is 15.0 Å². The van der Waals surface area contributed by atoms with E-state index in [2.05, 4.69) is 39.1 Å². The fourth-order valence-corrected chi connectivity index (χ4v) is 4.08. The number of unbranched alkanes of at least 4 members (excludes halogenated alkanes) is 1. The summed E-state index contributed by atoms with van der Waals surface area (Å²) in [5.41, 5.74) is 1.17. The maximum absolute atomic E-state index is 12.8. The number of amides is 2. The molecule has 1 N–H and O–H groups in total. The van der Waals surface area contributed by atoms with Crippen molar-refractivity contribution in [3.63, 3.8) is 0 Å². The summed E-state index contributed by atoms with van der Waals surface area (Å²) in [5, 5.41) is 2.96. The van der Waals surface area contributed by atoms with Gasteiger partial charge in [-0.25, -0.2) is 0 Å². The van der Waals surface area contributed by atoms with E-state index in [4.69, 9.17) is 4.74 Å². The van der Waals surface area contributed by atoms with Crippen LogP contribution >= 0.6 is 0 Å². The van der Waals surface area contributed by atoms with Crippen molar-refractivity contribution < 1.29 is 14.3 Å². The summed E-state index contributed by atoms with van der Waals surface area (Å²) in [4.78, 5) is 33.4. The number of piperazine rings is 2. The minimum atomic E-state index is 0.0853. The number of rotatable bonds is 9. The zero-order valence-corrected chi connectivity index (χ0v) is 19.0. The van der Waals surface area contributed by atoms with Gasteiger partial charge in [-0.05, 0) is 18.6 Å². The maximum Gasteiger partial charge on any atom is 0.236 e. The Labute approximate surface area is 186 Å². The second kappa shape index (κ2) is 11.9. The van der Waals surface area contributed by atoms with Crippen molar-refractivity contribution in [2.24, 2.45) is 0 Å². The number of nitrogens with zero attached hydrogens (tertiary/aromatic N) is 4. The Kier molecular flexibility index (Phi) is 8.97. The zero-order chi connectivity index (χ0) is 22.1. The monoisotopic (exact) mass is 431 g/mol. The first-order valence-electron chi connectivity index (χ1n) is 11.5. The summed E-state index contributed by atoms with van der Waals surface area (Å²) in [7, 11) is 1.69. The van der Waals surface area contributed by atoms with Gasteiger partial charge in [0.15, 0.2) is 0 Å². The lowest BCUT2D eigenvalue weighted by Gasteiger charge is -2.38. The molecule has 1 aromatic rings. The van der Waals surface area contributed by atoms with Crippen molar-refractivity contribution >= 4 is 17.5 Å². The molecule has 31 heavy (non-hydrogen) atoms. The van der Waals surface area contributed by atoms with Crippen molar-refractivity contribution in [1.29, 1.82) is 0 Å². The number of benzene rings is 1. The van der Waals surface area contributed by atoms with Gasteiger partial charge in [-0.1, -0.05) is 19.4 Å². The number of methoxy groups -OCH3 is 1. The van der Waals surface area contributed by atoms with Crippen LogP contribution in [0.1, 0.15) is 19.8 Å². The van der Waals surface area contributed by atoms with Gasteiger partial charge in [0.1, 0.15) is 5.75 Å². The molecule has 0 unspecified atom stereocenters. The van der Waals surface area contributed by atoms with Crippen molar-refractivity contribution in [2.75, 3.05) is 84.0 Å². The number of hydrogen-bond acceptors (Lipinski definition) is 6. The average molecular weight is 432 g/mol. The number of ether oxygens (including phenoxy) is 1. The molecule has 2 heterocycles. The number of anilines is 1. The normalized spacial score (nSPS) is 18.1. The van der Waals surface area contributed by atoms with Gasteiger partial charge >= 0.3 is 0 Å². The molecule has 8 heteroatoms. The van der Waals surface area contributed by atoms with Crippen LogP contribution in [-0.4, -0.2) is 106 Å². The standard InChI is InChI=1S/C23H37N5O3/c1-3-4-8-24-22(29)18-25-11-15-28(16-12-25)23(30)19-26-9-13-27(14-10-26)20-6-5-7-21(17-20)31-2/h5-7,17H,3-4,8-16,18-19H2,1-2H3,(H,24,29). The summed E-state index contributed by atoms with van der Waals surface area (Å²) in [5.74, 6) is 1.15.